The van der Waals surface area contributed by atoms with Gasteiger partial charge in [-0.05, 0) is 12.0 Å². The topological polar surface area (TPSA) is 44.7 Å². The third-order valence-electron chi connectivity index (χ3n) is 3.34. The first-order valence-electron chi connectivity index (χ1n) is 7.07. The van der Waals surface area contributed by atoms with Crippen LogP contribution in [0.2, 0.25) is 0 Å². The number of rotatable bonds is 2. The molecule has 106 valence electrons. The van der Waals surface area contributed by atoms with E-state index in [4.69, 9.17) is 4.74 Å². The van der Waals surface area contributed by atoms with Gasteiger partial charge in [0.25, 0.3) is 0 Å². The van der Waals surface area contributed by atoms with E-state index in [-0.39, 0.29) is 6.10 Å². The third-order valence-corrected chi connectivity index (χ3v) is 3.34. The molecule has 4 heteroatoms. The lowest BCUT2D eigenvalue weighted by atomic mass is 10.2. The molecule has 0 bridgehead atoms. The van der Waals surface area contributed by atoms with Crippen LogP contribution in [0.3, 0.4) is 0 Å². The number of benzene rings is 1. The Hall–Kier alpha value is -0.940. The van der Waals surface area contributed by atoms with Crippen molar-refractivity contribution in [3.8, 4) is 0 Å². The zero-order valence-electron chi connectivity index (χ0n) is 11.4. The number of hydrogen-bond donors (Lipinski definition) is 2. The summed E-state index contributed by atoms with van der Waals surface area (Å²) in [6.45, 7) is 6.66. The van der Waals surface area contributed by atoms with Gasteiger partial charge in [0.1, 0.15) is 0 Å². The van der Waals surface area contributed by atoms with Crippen molar-refractivity contribution in [2.75, 3.05) is 39.4 Å². The van der Waals surface area contributed by atoms with Crippen LogP contribution in [0.15, 0.2) is 30.3 Å². The molecule has 1 aromatic rings. The van der Waals surface area contributed by atoms with Crippen LogP contribution in [0.25, 0.3) is 0 Å². The van der Waals surface area contributed by atoms with E-state index < -0.39 is 0 Å². The fraction of sp³-hybridized carbons (Fsp3) is 0.600. The van der Waals surface area contributed by atoms with E-state index in [1.807, 2.05) is 6.07 Å². The maximum absolute atomic E-state index is 9.34. The Bertz CT molecular complexity index is 330. The lowest BCUT2D eigenvalue weighted by molar-refractivity contribution is 0.109. The molecule has 3 rings (SSSR count). The van der Waals surface area contributed by atoms with Crippen LogP contribution in [-0.4, -0.2) is 55.5 Å². The van der Waals surface area contributed by atoms with Gasteiger partial charge in [-0.1, -0.05) is 30.3 Å². The van der Waals surface area contributed by atoms with Gasteiger partial charge in [0.15, 0.2) is 0 Å². The van der Waals surface area contributed by atoms with Crippen LogP contribution in [0.1, 0.15) is 12.0 Å². The van der Waals surface area contributed by atoms with Crippen LogP contribution < -0.4 is 5.32 Å². The molecule has 2 N–H and O–H groups in total. The third kappa shape index (κ3) is 5.70. The van der Waals surface area contributed by atoms with Crippen LogP contribution in [-0.2, 0) is 11.3 Å². The highest BCUT2D eigenvalue weighted by molar-refractivity contribution is 5.14. The van der Waals surface area contributed by atoms with Gasteiger partial charge in [-0.3, -0.25) is 4.90 Å². The second kappa shape index (κ2) is 8.27. The molecule has 0 aromatic heterocycles. The first-order valence-corrected chi connectivity index (χ1v) is 7.07. The molecule has 4 nitrogen and oxygen atoms in total. The van der Waals surface area contributed by atoms with Crippen LogP contribution in [0, 0.1) is 0 Å². The quantitative estimate of drug-likeness (QED) is 0.831. The fourth-order valence-electron chi connectivity index (χ4n) is 2.31. The Morgan fingerprint density at radius 3 is 2.42 bits per heavy atom. The number of ether oxygens (including phenoxy) is 1. The van der Waals surface area contributed by atoms with Gasteiger partial charge in [-0.25, -0.2) is 0 Å². The molecule has 0 aliphatic carbocycles. The molecular weight excluding hydrogens is 240 g/mol. The number of aliphatic hydroxyl groups excluding tert-OH is 1. The van der Waals surface area contributed by atoms with Crippen molar-refractivity contribution in [1.29, 1.82) is 0 Å². The number of aliphatic hydroxyl groups is 1. The van der Waals surface area contributed by atoms with Crippen molar-refractivity contribution >= 4 is 0 Å². The Labute approximate surface area is 115 Å². The van der Waals surface area contributed by atoms with E-state index in [0.29, 0.717) is 0 Å². The molecule has 2 aliphatic heterocycles. The van der Waals surface area contributed by atoms with Gasteiger partial charge in [-0.15, -0.1) is 0 Å². The first kappa shape index (κ1) is 14.5. The number of nitrogens with zero attached hydrogens (tertiary/aromatic N) is 1. The molecular formula is C15H24N2O2. The molecule has 0 radical (unpaired) electrons. The largest absolute Gasteiger partial charge is 0.392 e. The van der Waals surface area contributed by atoms with Crippen molar-refractivity contribution in [2.45, 2.75) is 19.1 Å². The van der Waals surface area contributed by atoms with E-state index in [9.17, 15) is 5.11 Å². The highest BCUT2D eigenvalue weighted by atomic mass is 16.5. The molecule has 1 aromatic carbocycles. The second-order valence-electron chi connectivity index (χ2n) is 5.03. The molecule has 1 atom stereocenters. The summed E-state index contributed by atoms with van der Waals surface area (Å²) >= 11 is 0. The maximum atomic E-state index is 9.34. The SMILES string of the molecule is C1COCCN1.OC1CCN(Cc2ccccc2)C1. The maximum Gasteiger partial charge on any atom is 0.0679 e. The zero-order valence-corrected chi connectivity index (χ0v) is 11.4. The van der Waals surface area contributed by atoms with Gasteiger partial charge in [0.05, 0.1) is 19.3 Å². The van der Waals surface area contributed by atoms with Crippen molar-refractivity contribution in [3.05, 3.63) is 35.9 Å². The molecule has 2 heterocycles. The number of morpholine rings is 1. The molecule has 0 amide bonds. The fourth-order valence-corrected chi connectivity index (χ4v) is 2.31. The molecule has 1 unspecified atom stereocenters. The summed E-state index contributed by atoms with van der Waals surface area (Å²) in [5, 5.41) is 12.5. The highest BCUT2D eigenvalue weighted by Gasteiger charge is 2.19. The van der Waals surface area contributed by atoms with Gasteiger partial charge in [0, 0.05) is 32.7 Å². The minimum atomic E-state index is -0.108. The second-order valence-corrected chi connectivity index (χ2v) is 5.03. The molecule has 0 spiro atoms. The predicted octanol–water partition coefficient (Wildman–Crippen LogP) is 0.859. The summed E-state index contributed by atoms with van der Waals surface area (Å²) in [6, 6.07) is 10.4. The number of β-amino-alcohol motifs (C(OH)–C–C–N with tert-alkyl or cyclic N) is 1. The average molecular weight is 264 g/mol. The Morgan fingerprint density at radius 1 is 1.21 bits per heavy atom. The van der Waals surface area contributed by atoms with Gasteiger partial charge in [0.2, 0.25) is 0 Å². The monoisotopic (exact) mass is 264 g/mol. The summed E-state index contributed by atoms with van der Waals surface area (Å²) < 4.78 is 5.01. The number of nitrogens with one attached hydrogen (secondary N) is 1. The van der Waals surface area contributed by atoms with E-state index in [2.05, 4.69) is 34.5 Å². The van der Waals surface area contributed by atoms with Gasteiger partial charge in [-0.2, -0.15) is 0 Å². The Morgan fingerprint density at radius 2 is 1.95 bits per heavy atom. The van der Waals surface area contributed by atoms with E-state index in [1.165, 1.54) is 5.56 Å². The van der Waals surface area contributed by atoms with Gasteiger partial charge < -0.3 is 15.2 Å². The smallest absolute Gasteiger partial charge is 0.0679 e. The predicted molar refractivity (Wildman–Crippen MR) is 76.0 cm³/mol. The lowest BCUT2D eigenvalue weighted by Crippen LogP contribution is -2.30. The Balaban J connectivity index is 0.000000186. The normalized spacial score (nSPS) is 23.7. The highest BCUT2D eigenvalue weighted by Crippen LogP contribution is 2.12. The summed E-state index contributed by atoms with van der Waals surface area (Å²) in [5.41, 5.74) is 1.33. The van der Waals surface area contributed by atoms with E-state index in [1.54, 1.807) is 0 Å². The van der Waals surface area contributed by atoms with Crippen molar-refractivity contribution in [2.24, 2.45) is 0 Å². The minimum absolute atomic E-state index is 0.108. The zero-order chi connectivity index (χ0) is 13.3. The van der Waals surface area contributed by atoms with Crippen molar-refractivity contribution < 1.29 is 9.84 Å². The molecule has 19 heavy (non-hydrogen) atoms. The summed E-state index contributed by atoms with van der Waals surface area (Å²) in [5.74, 6) is 0. The van der Waals surface area contributed by atoms with Crippen LogP contribution >= 0.6 is 0 Å². The number of likely N-dealkylation sites (tertiary alicyclic amines) is 1. The van der Waals surface area contributed by atoms with Gasteiger partial charge >= 0.3 is 0 Å². The Kier molecular flexibility index (Phi) is 6.30. The van der Waals surface area contributed by atoms with Crippen molar-refractivity contribution in [3.63, 3.8) is 0 Å². The van der Waals surface area contributed by atoms with E-state index >= 15 is 0 Å². The minimum Gasteiger partial charge on any atom is -0.392 e. The van der Waals surface area contributed by atoms with E-state index in [0.717, 1.165) is 52.4 Å². The van der Waals surface area contributed by atoms with Crippen LogP contribution in [0.4, 0.5) is 0 Å². The first-order chi connectivity index (χ1) is 9.34. The molecule has 2 fully saturated rings. The lowest BCUT2D eigenvalue weighted by Gasteiger charge is -2.14. The molecule has 0 saturated carbocycles. The standard InChI is InChI=1S/C11H15NO.C4H9NO/c13-11-6-7-12(9-11)8-10-4-2-1-3-5-10;1-3-6-4-2-5-1/h1-5,11,13H,6-9H2;5H,1-4H2. The summed E-state index contributed by atoms with van der Waals surface area (Å²) in [4.78, 5) is 2.29. The molecule has 2 aliphatic rings. The summed E-state index contributed by atoms with van der Waals surface area (Å²) in [6.07, 6.45) is 0.816. The summed E-state index contributed by atoms with van der Waals surface area (Å²) in [7, 11) is 0. The number of hydrogen-bond acceptors (Lipinski definition) is 4. The molecule has 2 saturated heterocycles. The average Bonchev–Trinajstić information content (AvgIpc) is 2.88. The van der Waals surface area contributed by atoms with Crippen LogP contribution in [0.5, 0.6) is 0 Å². The van der Waals surface area contributed by atoms with Crippen molar-refractivity contribution in [1.82, 2.24) is 10.2 Å².